The van der Waals surface area contributed by atoms with Gasteiger partial charge in [-0.25, -0.2) is 13.8 Å². The second-order valence-corrected chi connectivity index (χ2v) is 6.73. The maximum absolute atomic E-state index is 14.8. The van der Waals surface area contributed by atoms with Crippen molar-refractivity contribution in [1.29, 1.82) is 0 Å². The van der Waals surface area contributed by atoms with Gasteiger partial charge in [-0.15, -0.1) is 0 Å². The van der Waals surface area contributed by atoms with Gasteiger partial charge in [0.15, 0.2) is 34.5 Å². The molecular formula is C19H15ClF2N2O4. The zero-order valence-corrected chi connectivity index (χ0v) is 15.7. The maximum atomic E-state index is 14.8. The fourth-order valence-corrected chi connectivity index (χ4v) is 3.07. The van der Waals surface area contributed by atoms with Gasteiger partial charge in [-0.2, -0.15) is 0 Å². The molecule has 0 atom stereocenters. The quantitative estimate of drug-likeness (QED) is 0.475. The number of ketones is 1. The number of rotatable bonds is 6. The van der Waals surface area contributed by atoms with E-state index in [1.54, 1.807) is 0 Å². The van der Waals surface area contributed by atoms with Gasteiger partial charge in [-0.1, -0.05) is 11.6 Å². The molecule has 6 nitrogen and oxygen atoms in total. The van der Waals surface area contributed by atoms with E-state index in [9.17, 15) is 13.6 Å². The largest absolute Gasteiger partial charge is 0.494 e. The van der Waals surface area contributed by atoms with Crippen LogP contribution in [0.5, 0.6) is 11.5 Å². The van der Waals surface area contributed by atoms with Crippen molar-refractivity contribution in [2.45, 2.75) is 18.9 Å². The number of benzene rings is 1. The third-order valence-electron chi connectivity index (χ3n) is 4.48. The van der Waals surface area contributed by atoms with E-state index in [4.69, 9.17) is 25.5 Å². The van der Waals surface area contributed by atoms with E-state index < -0.39 is 23.0 Å². The molecule has 1 fully saturated rings. The molecular weight excluding hydrogens is 394 g/mol. The summed E-state index contributed by atoms with van der Waals surface area (Å²) in [5.41, 5.74) is -0.230. The molecule has 0 spiro atoms. The number of aromatic nitrogens is 1. The van der Waals surface area contributed by atoms with Gasteiger partial charge in [-0.3, -0.25) is 4.79 Å². The molecule has 3 aromatic rings. The number of nitrogens with one attached hydrogen (secondary N) is 1. The van der Waals surface area contributed by atoms with Crippen molar-refractivity contribution in [3.05, 3.63) is 46.4 Å². The lowest BCUT2D eigenvalue weighted by molar-refractivity contribution is 0.100. The van der Waals surface area contributed by atoms with Crippen LogP contribution >= 0.6 is 11.6 Å². The molecule has 146 valence electrons. The van der Waals surface area contributed by atoms with E-state index in [-0.39, 0.29) is 34.0 Å². The van der Waals surface area contributed by atoms with Crippen molar-refractivity contribution >= 4 is 34.0 Å². The average molecular weight is 409 g/mol. The summed E-state index contributed by atoms with van der Waals surface area (Å²) in [5, 5.41) is 3.88. The number of carbonyl (C=O) groups excluding carboxylic acids is 1. The fraction of sp³-hybridized carbons (Fsp3) is 0.263. The highest BCUT2D eigenvalue weighted by atomic mass is 35.5. The second-order valence-electron chi connectivity index (χ2n) is 6.34. The Morgan fingerprint density at radius 1 is 1.21 bits per heavy atom. The van der Waals surface area contributed by atoms with Gasteiger partial charge in [0.1, 0.15) is 10.7 Å². The smallest absolute Gasteiger partial charge is 0.236 e. The molecule has 0 radical (unpaired) electrons. The molecule has 1 N–H and O–H groups in total. The highest BCUT2D eigenvalue weighted by molar-refractivity contribution is 6.30. The minimum atomic E-state index is -1.14. The standard InChI is InChI=1S/C19H15ClF2N2O4/c1-26-10-6-11(27-2)16(22)14(15(10)21)18(25)19-17(24-8-3-4-8)9-5-13(20)23-7-12(9)28-19/h5-8,24H,3-4H2,1-2H3. The molecule has 28 heavy (non-hydrogen) atoms. The molecule has 1 aromatic carbocycles. The zero-order chi connectivity index (χ0) is 20.0. The van der Waals surface area contributed by atoms with Gasteiger partial charge < -0.3 is 19.2 Å². The minimum Gasteiger partial charge on any atom is -0.494 e. The van der Waals surface area contributed by atoms with Crippen molar-refractivity contribution < 1.29 is 27.5 Å². The predicted molar refractivity (Wildman–Crippen MR) is 98.6 cm³/mol. The summed E-state index contributed by atoms with van der Waals surface area (Å²) >= 11 is 5.96. The first kappa shape index (κ1) is 18.5. The van der Waals surface area contributed by atoms with Crippen LogP contribution in [0.3, 0.4) is 0 Å². The summed E-state index contributed by atoms with van der Waals surface area (Å²) in [4.78, 5) is 17.0. The Morgan fingerprint density at radius 2 is 1.86 bits per heavy atom. The molecule has 9 heteroatoms. The number of anilines is 1. The van der Waals surface area contributed by atoms with Gasteiger partial charge >= 0.3 is 0 Å². The number of carbonyl (C=O) groups is 1. The van der Waals surface area contributed by atoms with Crippen molar-refractivity contribution in [3.63, 3.8) is 0 Å². The number of furan rings is 1. The first-order chi connectivity index (χ1) is 13.4. The normalized spacial score (nSPS) is 13.6. The van der Waals surface area contributed by atoms with E-state index >= 15 is 0 Å². The summed E-state index contributed by atoms with van der Waals surface area (Å²) in [6, 6.07) is 2.71. The monoisotopic (exact) mass is 408 g/mol. The Bertz CT molecular complexity index is 1070. The third kappa shape index (κ3) is 3.03. The number of pyridine rings is 1. The highest BCUT2D eigenvalue weighted by Crippen LogP contribution is 2.39. The van der Waals surface area contributed by atoms with Crippen LogP contribution in [0.4, 0.5) is 14.5 Å². The van der Waals surface area contributed by atoms with Gasteiger partial charge in [0.25, 0.3) is 0 Å². The molecule has 0 unspecified atom stereocenters. The number of ether oxygens (including phenoxy) is 2. The Balaban J connectivity index is 1.92. The van der Waals surface area contributed by atoms with Crippen LogP contribution in [0.2, 0.25) is 5.15 Å². The van der Waals surface area contributed by atoms with Gasteiger partial charge in [0.05, 0.1) is 26.1 Å². The Kier molecular flexibility index (Phi) is 4.58. The maximum Gasteiger partial charge on any atom is 0.236 e. The first-order valence-corrected chi connectivity index (χ1v) is 8.81. The molecule has 4 rings (SSSR count). The van der Waals surface area contributed by atoms with Gasteiger partial charge in [-0.05, 0) is 18.9 Å². The van der Waals surface area contributed by atoms with Crippen molar-refractivity contribution in [2.24, 2.45) is 0 Å². The molecule has 0 bridgehead atoms. The Labute approximate surface area is 163 Å². The van der Waals surface area contributed by atoms with E-state index in [0.29, 0.717) is 11.1 Å². The number of hydrogen-bond donors (Lipinski definition) is 1. The molecule has 1 aliphatic carbocycles. The molecule has 0 aliphatic heterocycles. The van der Waals surface area contributed by atoms with Crippen LogP contribution in [-0.4, -0.2) is 31.0 Å². The predicted octanol–water partition coefficient (Wildman–Crippen LogP) is 4.58. The van der Waals surface area contributed by atoms with Gasteiger partial charge in [0.2, 0.25) is 5.78 Å². The lowest BCUT2D eigenvalue weighted by Gasteiger charge is -2.12. The van der Waals surface area contributed by atoms with E-state index in [1.807, 2.05) is 0 Å². The number of methoxy groups -OCH3 is 2. The highest BCUT2D eigenvalue weighted by Gasteiger charge is 2.33. The summed E-state index contributed by atoms with van der Waals surface area (Å²) in [7, 11) is 2.41. The van der Waals surface area contributed by atoms with E-state index in [2.05, 4.69) is 10.3 Å². The molecule has 1 saturated carbocycles. The molecule has 1 aliphatic rings. The number of hydrogen-bond acceptors (Lipinski definition) is 6. The lowest BCUT2D eigenvalue weighted by Crippen LogP contribution is -2.12. The van der Waals surface area contributed by atoms with E-state index in [0.717, 1.165) is 18.9 Å². The Hall–Kier alpha value is -2.87. The van der Waals surface area contributed by atoms with E-state index in [1.165, 1.54) is 26.5 Å². The molecule has 0 saturated heterocycles. The van der Waals surface area contributed by atoms with Crippen LogP contribution in [0.15, 0.2) is 22.7 Å². The first-order valence-electron chi connectivity index (χ1n) is 8.43. The van der Waals surface area contributed by atoms with Crippen molar-refractivity contribution in [3.8, 4) is 11.5 Å². The van der Waals surface area contributed by atoms with Crippen LogP contribution in [-0.2, 0) is 0 Å². The van der Waals surface area contributed by atoms with Crippen LogP contribution in [0, 0.1) is 11.6 Å². The number of nitrogens with zero attached hydrogens (tertiary/aromatic N) is 1. The lowest BCUT2D eigenvalue weighted by atomic mass is 10.0. The summed E-state index contributed by atoms with van der Waals surface area (Å²) in [5.74, 6) is -4.14. The second kappa shape index (κ2) is 6.94. The summed E-state index contributed by atoms with van der Waals surface area (Å²) in [6.07, 6.45) is 3.18. The Morgan fingerprint density at radius 3 is 2.43 bits per heavy atom. The topological polar surface area (TPSA) is 73.6 Å². The van der Waals surface area contributed by atoms with Gasteiger partial charge in [0, 0.05) is 17.5 Å². The number of halogens is 3. The minimum absolute atomic E-state index is 0.147. The van der Waals surface area contributed by atoms with Crippen LogP contribution in [0.1, 0.15) is 29.0 Å². The van der Waals surface area contributed by atoms with Crippen molar-refractivity contribution in [2.75, 3.05) is 19.5 Å². The fourth-order valence-electron chi connectivity index (χ4n) is 2.91. The van der Waals surface area contributed by atoms with Crippen molar-refractivity contribution in [1.82, 2.24) is 4.98 Å². The van der Waals surface area contributed by atoms with Crippen LogP contribution < -0.4 is 14.8 Å². The van der Waals surface area contributed by atoms with Crippen LogP contribution in [0.25, 0.3) is 11.0 Å². The number of fused-ring (bicyclic) bond motifs is 1. The summed E-state index contributed by atoms with van der Waals surface area (Å²) < 4.78 is 45.0. The molecule has 2 heterocycles. The third-order valence-corrected chi connectivity index (χ3v) is 4.68. The molecule has 0 amide bonds. The zero-order valence-electron chi connectivity index (χ0n) is 14.9. The SMILES string of the molecule is COc1cc(OC)c(F)c(C(=O)c2oc3cnc(Cl)cc3c2NC2CC2)c1F. The molecule has 2 aromatic heterocycles. The average Bonchev–Trinajstić information content (AvgIpc) is 3.43. The summed E-state index contributed by atoms with van der Waals surface area (Å²) in [6.45, 7) is 0.